The highest BCUT2D eigenvalue weighted by atomic mass is 35.5. The molecule has 1 fully saturated rings. The highest BCUT2D eigenvalue weighted by molar-refractivity contribution is 7.18. The average Bonchev–Trinajstić information content (AvgIpc) is 3.52. The summed E-state index contributed by atoms with van der Waals surface area (Å²) >= 11 is 7.72. The smallest absolute Gasteiger partial charge is 0.413 e. The molecule has 1 amide bonds. The first-order valence-corrected chi connectivity index (χ1v) is 14.3. The van der Waals surface area contributed by atoms with Crippen LogP contribution in [0.15, 0.2) is 30.3 Å². The van der Waals surface area contributed by atoms with Gasteiger partial charge in [-0.05, 0) is 58.9 Å². The van der Waals surface area contributed by atoms with Crippen molar-refractivity contribution in [2.45, 2.75) is 52.0 Å². The largest absolute Gasteiger partial charge is 0.490 e. The van der Waals surface area contributed by atoms with Crippen molar-refractivity contribution in [2.75, 3.05) is 33.5 Å². The number of halogens is 2. The number of nitrogens with zero attached hydrogens (tertiary/aromatic N) is 4. The zero-order valence-electron chi connectivity index (χ0n) is 24.2. The van der Waals surface area contributed by atoms with Crippen LogP contribution in [0.3, 0.4) is 0 Å². The standard InChI is InChI=1S/C29H32ClFN4O6S/c1-28(2,3)41-27(36)35-19(16-40-29(35,4)5)15-39-24-13-21(30)20(12-22(24)31)26-34-33-25(42-26)17-7-8-23(18(11-17)14-32)38-10-9-37-6/h7-8,11-13,19H,9-10,15-16H2,1-6H3. The minimum absolute atomic E-state index is 0.0371. The molecule has 2 heterocycles. The minimum atomic E-state index is -0.919. The third kappa shape index (κ3) is 7.28. The van der Waals surface area contributed by atoms with Crippen LogP contribution in [0.1, 0.15) is 40.2 Å². The van der Waals surface area contributed by atoms with Gasteiger partial charge in [0.25, 0.3) is 0 Å². The first-order valence-electron chi connectivity index (χ1n) is 13.1. The van der Waals surface area contributed by atoms with Gasteiger partial charge in [0.05, 0.1) is 29.8 Å². The molecule has 0 bridgehead atoms. The molecule has 1 aliphatic rings. The van der Waals surface area contributed by atoms with E-state index < -0.39 is 29.3 Å². The summed E-state index contributed by atoms with van der Waals surface area (Å²) in [5.74, 6) is -0.298. The van der Waals surface area contributed by atoms with E-state index in [0.717, 1.165) is 0 Å². The molecule has 1 aliphatic heterocycles. The molecule has 1 aromatic heterocycles. The molecule has 4 rings (SSSR count). The van der Waals surface area contributed by atoms with Crippen LogP contribution < -0.4 is 9.47 Å². The lowest BCUT2D eigenvalue weighted by molar-refractivity contribution is -0.0637. The first-order chi connectivity index (χ1) is 19.8. The third-order valence-corrected chi connectivity index (χ3v) is 7.48. The monoisotopic (exact) mass is 618 g/mol. The van der Waals surface area contributed by atoms with E-state index in [2.05, 4.69) is 16.3 Å². The van der Waals surface area contributed by atoms with E-state index >= 15 is 4.39 Å². The summed E-state index contributed by atoms with van der Waals surface area (Å²) in [5, 5.41) is 19.1. The molecule has 1 unspecified atom stereocenters. The number of nitriles is 1. The van der Waals surface area contributed by atoms with Crippen molar-refractivity contribution in [3.05, 3.63) is 46.7 Å². The van der Waals surface area contributed by atoms with Gasteiger partial charge in [-0.2, -0.15) is 5.26 Å². The van der Waals surface area contributed by atoms with E-state index in [4.69, 9.17) is 35.3 Å². The predicted octanol–water partition coefficient (Wildman–Crippen LogP) is 6.31. The zero-order valence-corrected chi connectivity index (χ0v) is 25.8. The Morgan fingerprint density at radius 1 is 1.19 bits per heavy atom. The van der Waals surface area contributed by atoms with Crippen molar-refractivity contribution in [2.24, 2.45) is 0 Å². The van der Waals surface area contributed by atoms with Gasteiger partial charge in [-0.3, -0.25) is 4.90 Å². The molecule has 0 spiro atoms. The van der Waals surface area contributed by atoms with Crippen LogP contribution in [0.2, 0.25) is 5.02 Å². The van der Waals surface area contributed by atoms with Gasteiger partial charge in [0.15, 0.2) is 11.6 Å². The van der Waals surface area contributed by atoms with E-state index in [0.29, 0.717) is 45.7 Å². The number of carbonyl (C=O) groups excluding carboxylic acids is 1. The van der Waals surface area contributed by atoms with Crippen molar-refractivity contribution in [1.82, 2.24) is 15.1 Å². The molecule has 224 valence electrons. The Balaban J connectivity index is 1.49. The third-order valence-electron chi connectivity index (χ3n) is 6.16. The second kappa shape index (κ2) is 12.8. The summed E-state index contributed by atoms with van der Waals surface area (Å²) in [6.45, 7) is 9.71. The highest BCUT2D eigenvalue weighted by Gasteiger charge is 2.46. The molecule has 0 radical (unpaired) electrons. The maximum Gasteiger partial charge on any atom is 0.413 e. The number of hydrogen-bond acceptors (Lipinski definition) is 10. The van der Waals surface area contributed by atoms with E-state index in [9.17, 15) is 10.1 Å². The fraction of sp³-hybridized carbons (Fsp3) is 0.448. The van der Waals surface area contributed by atoms with Crippen molar-refractivity contribution in [1.29, 1.82) is 5.26 Å². The van der Waals surface area contributed by atoms with Crippen molar-refractivity contribution >= 4 is 29.0 Å². The molecular weight excluding hydrogens is 587 g/mol. The maximum atomic E-state index is 15.2. The summed E-state index contributed by atoms with van der Waals surface area (Å²) in [5.41, 5.74) is -0.279. The zero-order chi connectivity index (χ0) is 30.7. The lowest BCUT2D eigenvalue weighted by Gasteiger charge is -2.35. The Bertz CT molecular complexity index is 1490. The van der Waals surface area contributed by atoms with Gasteiger partial charge in [-0.15, -0.1) is 10.2 Å². The summed E-state index contributed by atoms with van der Waals surface area (Å²) in [6.07, 6.45) is -0.547. The predicted molar refractivity (Wildman–Crippen MR) is 155 cm³/mol. The number of hydrogen-bond donors (Lipinski definition) is 0. The summed E-state index contributed by atoms with van der Waals surface area (Å²) in [4.78, 5) is 14.3. The second-order valence-corrected chi connectivity index (χ2v) is 12.3. The average molecular weight is 619 g/mol. The van der Waals surface area contributed by atoms with Gasteiger partial charge >= 0.3 is 6.09 Å². The van der Waals surface area contributed by atoms with Crippen LogP contribution in [0.5, 0.6) is 11.5 Å². The normalized spacial score (nSPS) is 16.3. The topological polar surface area (TPSA) is 116 Å². The van der Waals surface area contributed by atoms with Crippen LogP contribution in [-0.4, -0.2) is 72.1 Å². The van der Waals surface area contributed by atoms with Gasteiger partial charge in [0.2, 0.25) is 0 Å². The van der Waals surface area contributed by atoms with Crippen LogP contribution in [0.25, 0.3) is 21.1 Å². The SMILES string of the molecule is COCCOc1ccc(-c2nnc(-c3cc(F)c(OCC4COC(C)(C)N4C(=O)OC(C)(C)C)cc3Cl)s2)cc1C#N. The number of carbonyl (C=O) groups is 1. The molecule has 13 heteroatoms. The lowest BCUT2D eigenvalue weighted by atomic mass is 10.1. The minimum Gasteiger partial charge on any atom is -0.490 e. The molecule has 42 heavy (non-hydrogen) atoms. The Labute approximate surface area is 252 Å². The van der Waals surface area contributed by atoms with E-state index in [1.165, 1.54) is 28.4 Å². The van der Waals surface area contributed by atoms with Crippen molar-refractivity contribution < 1.29 is 32.9 Å². The number of aromatic nitrogens is 2. The van der Waals surface area contributed by atoms with Gasteiger partial charge in [0, 0.05) is 24.3 Å². The quantitative estimate of drug-likeness (QED) is 0.254. The second-order valence-electron chi connectivity index (χ2n) is 10.9. The Morgan fingerprint density at radius 3 is 2.62 bits per heavy atom. The number of ether oxygens (including phenoxy) is 5. The van der Waals surface area contributed by atoms with Crippen LogP contribution in [0, 0.1) is 17.1 Å². The molecular formula is C29H32ClFN4O6S. The van der Waals surface area contributed by atoms with Gasteiger partial charge in [-0.25, -0.2) is 9.18 Å². The van der Waals surface area contributed by atoms with E-state index in [1.807, 2.05) is 0 Å². The van der Waals surface area contributed by atoms with Crippen LogP contribution >= 0.6 is 22.9 Å². The Kier molecular flexibility index (Phi) is 9.57. The molecule has 0 aliphatic carbocycles. The first kappa shape index (κ1) is 31.4. The number of amides is 1. The fourth-order valence-corrected chi connectivity index (χ4v) is 5.40. The molecule has 10 nitrogen and oxygen atoms in total. The van der Waals surface area contributed by atoms with Gasteiger partial charge in [-0.1, -0.05) is 22.9 Å². The number of rotatable bonds is 9. The maximum absolute atomic E-state index is 15.2. The van der Waals surface area contributed by atoms with Crippen molar-refractivity contribution in [3.63, 3.8) is 0 Å². The highest BCUT2D eigenvalue weighted by Crippen LogP contribution is 2.38. The Morgan fingerprint density at radius 2 is 1.93 bits per heavy atom. The van der Waals surface area contributed by atoms with E-state index in [1.54, 1.807) is 59.9 Å². The van der Waals surface area contributed by atoms with Gasteiger partial charge < -0.3 is 23.7 Å². The molecule has 0 saturated carbocycles. The van der Waals surface area contributed by atoms with E-state index in [-0.39, 0.29) is 24.0 Å². The summed E-state index contributed by atoms with van der Waals surface area (Å²) in [6, 6.07) is 9.31. The van der Waals surface area contributed by atoms with Crippen molar-refractivity contribution in [3.8, 4) is 38.7 Å². The molecule has 3 aromatic rings. The van der Waals surface area contributed by atoms with Crippen LogP contribution in [-0.2, 0) is 14.2 Å². The fourth-order valence-electron chi connectivity index (χ4n) is 4.24. The molecule has 1 saturated heterocycles. The molecule has 0 N–H and O–H groups in total. The number of benzene rings is 2. The summed E-state index contributed by atoms with van der Waals surface area (Å²) in [7, 11) is 1.57. The Hall–Kier alpha value is -3.50. The summed E-state index contributed by atoms with van der Waals surface area (Å²) < 4.78 is 42.9. The van der Waals surface area contributed by atoms with Gasteiger partial charge in [0.1, 0.15) is 46.4 Å². The molecule has 2 aromatic carbocycles. The lowest BCUT2D eigenvalue weighted by Crippen LogP contribution is -2.51. The van der Waals surface area contributed by atoms with Crippen LogP contribution in [0.4, 0.5) is 9.18 Å². The molecule has 1 atom stereocenters. The number of methoxy groups -OCH3 is 1.